The molecule has 0 fully saturated rings. The molecule has 2 aromatic carbocycles. The van der Waals surface area contributed by atoms with Crippen LogP contribution in [0.15, 0.2) is 47.4 Å². The standard InChI is InChI=1S/C17H19Cl2NO2S/c1-2-3-4-13-5-9-16(10-6-13)23(21,22)20-12-14-7-8-15(18)11-17(14)19/h5-11,20H,2-4,12H2,1H3. The maximum atomic E-state index is 12.3. The topological polar surface area (TPSA) is 46.2 Å². The summed E-state index contributed by atoms with van der Waals surface area (Å²) in [7, 11) is -3.56. The summed E-state index contributed by atoms with van der Waals surface area (Å²) >= 11 is 11.9. The molecule has 3 nitrogen and oxygen atoms in total. The number of nitrogens with one attached hydrogen (secondary N) is 1. The quantitative estimate of drug-likeness (QED) is 0.758. The molecule has 0 heterocycles. The molecule has 2 aromatic rings. The summed E-state index contributed by atoms with van der Waals surface area (Å²) in [5, 5.41) is 0.958. The predicted molar refractivity (Wildman–Crippen MR) is 95.5 cm³/mol. The molecule has 0 unspecified atom stereocenters. The normalized spacial score (nSPS) is 11.6. The van der Waals surface area contributed by atoms with Gasteiger partial charge in [0.15, 0.2) is 0 Å². The fourth-order valence-electron chi connectivity index (χ4n) is 2.14. The first-order chi connectivity index (χ1) is 10.9. The fourth-order valence-corrected chi connectivity index (χ4v) is 3.62. The highest BCUT2D eigenvalue weighted by Crippen LogP contribution is 2.21. The van der Waals surface area contributed by atoms with Crippen molar-refractivity contribution in [3.05, 3.63) is 63.6 Å². The van der Waals surface area contributed by atoms with Crippen molar-refractivity contribution in [2.24, 2.45) is 0 Å². The first kappa shape index (κ1) is 18.3. The van der Waals surface area contributed by atoms with Gasteiger partial charge < -0.3 is 0 Å². The lowest BCUT2D eigenvalue weighted by molar-refractivity contribution is 0.581. The van der Waals surface area contributed by atoms with Gasteiger partial charge in [0.05, 0.1) is 4.90 Å². The average molecular weight is 372 g/mol. The Kier molecular flexibility index (Phi) is 6.48. The number of hydrogen-bond donors (Lipinski definition) is 1. The van der Waals surface area contributed by atoms with Crippen LogP contribution in [0.2, 0.25) is 10.0 Å². The van der Waals surface area contributed by atoms with Gasteiger partial charge in [-0.15, -0.1) is 0 Å². The van der Waals surface area contributed by atoms with Crippen LogP contribution in [0.1, 0.15) is 30.9 Å². The van der Waals surface area contributed by atoms with Gasteiger partial charge in [-0.1, -0.05) is 54.7 Å². The Morgan fingerprint density at radius 3 is 2.35 bits per heavy atom. The summed E-state index contributed by atoms with van der Waals surface area (Å²) in [6.07, 6.45) is 3.17. The summed E-state index contributed by atoms with van der Waals surface area (Å²) in [5.41, 5.74) is 1.82. The Hall–Kier alpha value is -1.07. The Morgan fingerprint density at radius 2 is 1.74 bits per heavy atom. The van der Waals surface area contributed by atoms with Gasteiger partial charge in [0.2, 0.25) is 10.0 Å². The van der Waals surface area contributed by atoms with Crippen molar-refractivity contribution in [2.45, 2.75) is 37.6 Å². The summed E-state index contributed by atoms with van der Waals surface area (Å²) in [6.45, 7) is 2.25. The molecule has 2 rings (SSSR count). The lowest BCUT2D eigenvalue weighted by atomic mass is 10.1. The molecule has 23 heavy (non-hydrogen) atoms. The van der Waals surface area contributed by atoms with E-state index >= 15 is 0 Å². The van der Waals surface area contributed by atoms with E-state index in [2.05, 4.69) is 11.6 Å². The van der Waals surface area contributed by atoms with Gasteiger partial charge in [0.25, 0.3) is 0 Å². The van der Waals surface area contributed by atoms with Gasteiger partial charge >= 0.3 is 0 Å². The summed E-state index contributed by atoms with van der Waals surface area (Å²) in [6, 6.07) is 12.0. The fraction of sp³-hybridized carbons (Fsp3) is 0.294. The second kappa shape index (κ2) is 8.15. The number of sulfonamides is 1. The maximum absolute atomic E-state index is 12.3. The van der Waals surface area contributed by atoms with E-state index in [0.717, 1.165) is 24.8 Å². The Bertz CT molecular complexity index is 759. The first-order valence-electron chi connectivity index (χ1n) is 7.45. The Morgan fingerprint density at radius 1 is 1.04 bits per heavy atom. The molecule has 0 aliphatic rings. The van der Waals surface area contributed by atoms with Gasteiger partial charge in [-0.25, -0.2) is 13.1 Å². The molecule has 1 N–H and O–H groups in total. The van der Waals surface area contributed by atoms with E-state index in [9.17, 15) is 8.42 Å². The van der Waals surface area contributed by atoms with Crippen molar-refractivity contribution in [1.29, 1.82) is 0 Å². The van der Waals surface area contributed by atoms with E-state index < -0.39 is 10.0 Å². The highest BCUT2D eigenvalue weighted by atomic mass is 35.5. The molecule has 0 aromatic heterocycles. The van der Waals surface area contributed by atoms with Crippen molar-refractivity contribution in [1.82, 2.24) is 4.72 Å². The number of unbranched alkanes of at least 4 members (excludes halogenated alkanes) is 1. The minimum Gasteiger partial charge on any atom is -0.207 e. The number of aryl methyl sites for hydroxylation is 1. The maximum Gasteiger partial charge on any atom is 0.240 e. The van der Waals surface area contributed by atoms with Crippen molar-refractivity contribution in [3.8, 4) is 0 Å². The zero-order valence-corrected chi connectivity index (χ0v) is 15.2. The van der Waals surface area contributed by atoms with Crippen molar-refractivity contribution in [2.75, 3.05) is 0 Å². The van der Waals surface area contributed by atoms with Crippen molar-refractivity contribution >= 4 is 33.2 Å². The zero-order valence-electron chi connectivity index (χ0n) is 12.9. The third-order valence-electron chi connectivity index (χ3n) is 3.52. The van der Waals surface area contributed by atoms with Crippen molar-refractivity contribution in [3.63, 3.8) is 0 Å². The van der Waals surface area contributed by atoms with E-state index in [1.165, 1.54) is 0 Å². The molecule has 0 aliphatic carbocycles. The molecule has 0 radical (unpaired) electrons. The Balaban J connectivity index is 2.06. The molecule has 0 aliphatic heterocycles. The number of halogens is 2. The average Bonchev–Trinajstić information content (AvgIpc) is 2.52. The SMILES string of the molecule is CCCCc1ccc(S(=O)(=O)NCc2ccc(Cl)cc2Cl)cc1. The highest BCUT2D eigenvalue weighted by Gasteiger charge is 2.14. The van der Waals surface area contributed by atoms with Crippen molar-refractivity contribution < 1.29 is 8.42 Å². The van der Waals surface area contributed by atoms with E-state index in [4.69, 9.17) is 23.2 Å². The van der Waals surface area contributed by atoms with Crippen LogP contribution >= 0.6 is 23.2 Å². The van der Waals surface area contributed by atoms with Gasteiger partial charge in [0, 0.05) is 16.6 Å². The summed E-state index contributed by atoms with van der Waals surface area (Å²) < 4.78 is 27.2. The molecular formula is C17H19Cl2NO2S. The van der Waals surface area contributed by atoms with Crippen LogP contribution in [-0.4, -0.2) is 8.42 Å². The minimum atomic E-state index is -3.56. The second-order valence-electron chi connectivity index (χ2n) is 5.31. The number of hydrogen-bond acceptors (Lipinski definition) is 2. The van der Waals surface area contributed by atoms with Gasteiger partial charge in [-0.05, 0) is 48.2 Å². The lowest BCUT2D eigenvalue weighted by Crippen LogP contribution is -2.23. The molecule has 0 spiro atoms. The molecular weight excluding hydrogens is 353 g/mol. The first-order valence-corrected chi connectivity index (χ1v) is 9.69. The molecule has 124 valence electrons. The van der Waals surface area contributed by atoms with Crippen LogP contribution in [0.25, 0.3) is 0 Å². The molecule has 0 bridgehead atoms. The van der Waals surface area contributed by atoms with Crippen LogP contribution in [0.4, 0.5) is 0 Å². The van der Waals surface area contributed by atoms with Crippen LogP contribution < -0.4 is 4.72 Å². The third kappa shape index (κ3) is 5.21. The second-order valence-corrected chi connectivity index (χ2v) is 7.92. The van der Waals surface area contributed by atoms with E-state index in [1.54, 1.807) is 30.3 Å². The van der Waals surface area contributed by atoms with Crippen LogP contribution in [-0.2, 0) is 23.0 Å². The monoisotopic (exact) mass is 371 g/mol. The predicted octanol–water partition coefficient (Wildman–Crippen LogP) is 4.81. The summed E-state index contributed by atoms with van der Waals surface area (Å²) in [5.74, 6) is 0. The molecule has 0 atom stereocenters. The van der Waals surface area contributed by atoms with Gasteiger partial charge in [0.1, 0.15) is 0 Å². The third-order valence-corrected chi connectivity index (χ3v) is 5.52. The van der Waals surface area contributed by atoms with Gasteiger partial charge in [-0.2, -0.15) is 0 Å². The van der Waals surface area contributed by atoms with Crippen LogP contribution in [0, 0.1) is 0 Å². The van der Waals surface area contributed by atoms with Gasteiger partial charge in [-0.3, -0.25) is 0 Å². The molecule has 0 saturated heterocycles. The number of benzene rings is 2. The van der Waals surface area contributed by atoms with E-state index in [1.807, 2.05) is 12.1 Å². The highest BCUT2D eigenvalue weighted by molar-refractivity contribution is 7.89. The lowest BCUT2D eigenvalue weighted by Gasteiger charge is -2.09. The van der Waals surface area contributed by atoms with E-state index in [0.29, 0.717) is 15.6 Å². The Labute approximate surface area is 147 Å². The molecule has 6 heteroatoms. The van der Waals surface area contributed by atoms with Crippen LogP contribution in [0.3, 0.4) is 0 Å². The molecule has 0 amide bonds. The minimum absolute atomic E-state index is 0.121. The largest absolute Gasteiger partial charge is 0.240 e. The zero-order chi connectivity index (χ0) is 16.9. The number of rotatable bonds is 7. The molecule has 0 saturated carbocycles. The smallest absolute Gasteiger partial charge is 0.207 e. The summed E-state index contributed by atoms with van der Waals surface area (Å²) in [4.78, 5) is 0.253. The van der Waals surface area contributed by atoms with E-state index in [-0.39, 0.29) is 11.4 Å². The van der Waals surface area contributed by atoms with Crippen LogP contribution in [0.5, 0.6) is 0 Å².